The Morgan fingerprint density at radius 2 is 1.76 bits per heavy atom. The van der Waals surface area contributed by atoms with Crippen LogP contribution in [0.25, 0.3) is 10.8 Å². The topological polar surface area (TPSA) is 93.5 Å². The van der Waals surface area contributed by atoms with Crippen LogP contribution in [0, 0.1) is 0 Å². The van der Waals surface area contributed by atoms with Gasteiger partial charge in [0, 0.05) is 31.1 Å². The SMILES string of the molecule is NCC(CN)NCC(O)COc1cccc2ccccc12. The second-order valence-electron chi connectivity index (χ2n) is 5.02. The van der Waals surface area contributed by atoms with Gasteiger partial charge in [-0.3, -0.25) is 0 Å². The molecule has 0 heterocycles. The van der Waals surface area contributed by atoms with Gasteiger partial charge in [0.05, 0.1) is 0 Å². The Bertz CT molecular complexity index is 553. The third-order valence-electron chi connectivity index (χ3n) is 3.39. The Labute approximate surface area is 124 Å². The lowest BCUT2D eigenvalue weighted by Crippen LogP contribution is -2.46. The maximum atomic E-state index is 9.95. The van der Waals surface area contributed by atoms with Crippen LogP contribution in [0.2, 0.25) is 0 Å². The number of ether oxygens (including phenoxy) is 1. The minimum absolute atomic E-state index is 0.0252. The summed E-state index contributed by atoms with van der Waals surface area (Å²) >= 11 is 0. The molecule has 21 heavy (non-hydrogen) atoms. The minimum atomic E-state index is -0.607. The lowest BCUT2D eigenvalue weighted by molar-refractivity contribution is 0.105. The molecule has 0 saturated heterocycles. The minimum Gasteiger partial charge on any atom is -0.490 e. The van der Waals surface area contributed by atoms with Gasteiger partial charge in [-0.25, -0.2) is 0 Å². The van der Waals surface area contributed by atoms with Crippen LogP contribution < -0.4 is 21.5 Å². The van der Waals surface area contributed by atoms with Crippen LogP contribution in [0.3, 0.4) is 0 Å². The monoisotopic (exact) mass is 289 g/mol. The number of nitrogens with one attached hydrogen (secondary N) is 1. The van der Waals surface area contributed by atoms with E-state index < -0.39 is 6.10 Å². The van der Waals surface area contributed by atoms with Crippen LogP contribution in [-0.4, -0.2) is 43.5 Å². The smallest absolute Gasteiger partial charge is 0.127 e. The highest BCUT2D eigenvalue weighted by molar-refractivity contribution is 5.88. The molecular weight excluding hydrogens is 266 g/mol. The quantitative estimate of drug-likeness (QED) is 0.566. The first-order valence-corrected chi connectivity index (χ1v) is 7.16. The van der Waals surface area contributed by atoms with E-state index in [1.165, 1.54) is 0 Å². The fourth-order valence-corrected chi connectivity index (χ4v) is 2.13. The Kier molecular flexibility index (Phi) is 5.95. The zero-order valence-electron chi connectivity index (χ0n) is 12.0. The Balaban J connectivity index is 1.89. The molecule has 5 heteroatoms. The second kappa shape index (κ2) is 7.95. The van der Waals surface area contributed by atoms with Crippen LogP contribution in [0.15, 0.2) is 42.5 Å². The summed E-state index contributed by atoms with van der Waals surface area (Å²) in [4.78, 5) is 0. The van der Waals surface area contributed by atoms with Gasteiger partial charge < -0.3 is 26.6 Å². The van der Waals surface area contributed by atoms with E-state index in [9.17, 15) is 5.11 Å². The van der Waals surface area contributed by atoms with Crippen molar-refractivity contribution in [2.24, 2.45) is 11.5 Å². The van der Waals surface area contributed by atoms with Gasteiger partial charge in [0.15, 0.2) is 0 Å². The molecule has 0 fully saturated rings. The molecular formula is C16H23N3O2. The molecule has 0 aliphatic carbocycles. The molecule has 2 aromatic carbocycles. The molecule has 0 saturated carbocycles. The van der Waals surface area contributed by atoms with Crippen LogP contribution in [0.5, 0.6) is 5.75 Å². The molecule has 1 unspecified atom stereocenters. The van der Waals surface area contributed by atoms with Crippen LogP contribution in [0.1, 0.15) is 0 Å². The normalized spacial score (nSPS) is 12.8. The van der Waals surface area contributed by atoms with Crippen molar-refractivity contribution >= 4 is 10.8 Å². The Hall–Kier alpha value is -1.66. The van der Waals surface area contributed by atoms with Crippen molar-refractivity contribution in [1.29, 1.82) is 0 Å². The summed E-state index contributed by atoms with van der Waals surface area (Å²) in [5.74, 6) is 0.779. The summed E-state index contributed by atoms with van der Waals surface area (Å²) in [6.07, 6.45) is -0.607. The molecule has 0 spiro atoms. The molecule has 2 aromatic rings. The number of hydrogen-bond donors (Lipinski definition) is 4. The molecule has 0 bridgehead atoms. The third-order valence-corrected chi connectivity index (χ3v) is 3.39. The molecule has 0 radical (unpaired) electrons. The number of nitrogens with two attached hydrogens (primary N) is 2. The van der Waals surface area contributed by atoms with Crippen LogP contribution in [-0.2, 0) is 0 Å². The van der Waals surface area contributed by atoms with Gasteiger partial charge >= 0.3 is 0 Å². The van der Waals surface area contributed by atoms with Gasteiger partial charge in [-0.1, -0.05) is 36.4 Å². The van der Waals surface area contributed by atoms with E-state index in [4.69, 9.17) is 16.2 Å². The maximum absolute atomic E-state index is 9.95. The average Bonchev–Trinajstić information content (AvgIpc) is 2.53. The van der Waals surface area contributed by atoms with Gasteiger partial charge in [-0.15, -0.1) is 0 Å². The highest BCUT2D eigenvalue weighted by Crippen LogP contribution is 2.25. The summed E-state index contributed by atoms with van der Waals surface area (Å²) in [5, 5.41) is 15.2. The summed E-state index contributed by atoms with van der Waals surface area (Å²) in [7, 11) is 0. The van der Waals surface area contributed by atoms with Crippen molar-refractivity contribution in [1.82, 2.24) is 5.32 Å². The Morgan fingerprint density at radius 1 is 1.05 bits per heavy atom. The van der Waals surface area contributed by atoms with Crippen molar-refractivity contribution in [2.45, 2.75) is 12.1 Å². The lowest BCUT2D eigenvalue weighted by atomic mass is 10.1. The molecule has 5 nitrogen and oxygen atoms in total. The molecule has 2 rings (SSSR count). The molecule has 6 N–H and O–H groups in total. The fraction of sp³-hybridized carbons (Fsp3) is 0.375. The number of aliphatic hydroxyl groups is 1. The summed E-state index contributed by atoms with van der Waals surface area (Å²) in [6.45, 7) is 1.54. The van der Waals surface area contributed by atoms with E-state index in [0.29, 0.717) is 19.6 Å². The molecule has 1 atom stereocenters. The van der Waals surface area contributed by atoms with Gasteiger partial charge in [0.25, 0.3) is 0 Å². The maximum Gasteiger partial charge on any atom is 0.127 e. The highest BCUT2D eigenvalue weighted by Gasteiger charge is 2.10. The van der Waals surface area contributed by atoms with Crippen molar-refractivity contribution in [2.75, 3.05) is 26.2 Å². The first-order chi connectivity index (χ1) is 10.2. The van der Waals surface area contributed by atoms with Crippen molar-refractivity contribution in [3.05, 3.63) is 42.5 Å². The summed E-state index contributed by atoms with van der Waals surface area (Å²) in [5.41, 5.74) is 11.1. The number of fused-ring (bicyclic) bond motifs is 1. The van der Waals surface area contributed by atoms with Crippen LogP contribution >= 0.6 is 0 Å². The fourth-order valence-electron chi connectivity index (χ4n) is 2.13. The second-order valence-corrected chi connectivity index (χ2v) is 5.02. The van der Waals surface area contributed by atoms with E-state index >= 15 is 0 Å². The largest absolute Gasteiger partial charge is 0.490 e. The van der Waals surface area contributed by atoms with Crippen molar-refractivity contribution in [3.63, 3.8) is 0 Å². The predicted octanol–water partition coefficient (Wildman–Crippen LogP) is 0.455. The van der Waals surface area contributed by atoms with Crippen LogP contribution in [0.4, 0.5) is 0 Å². The van der Waals surface area contributed by atoms with Gasteiger partial charge in [0.1, 0.15) is 18.5 Å². The number of benzene rings is 2. The van der Waals surface area contributed by atoms with E-state index in [1.54, 1.807) is 0 Å². The zero-order chi connectivity index (χ0) is 15.1. The van der Waals surface area contributed by atoms with E-state index in [0.717, 1.165) is 16.5 Å². The highest BCUT2D eigenvalue weighted by atomic mass is 16.5. The molecule has 114 valence electrons. The van der Waals surface area contributed by atoms with Gasteiger partial charge in [-0.05, 0) is 11.5 Å². The third kappa shape index (κ3) is 4.41. The van der Waals surface area contributed by atoms with Crippen molar-refractivity contribution < 1.29 is 9.84 Å². The van der Waals surface area contributed by atoms with E-state index in [1.807, 2.05) is 42.5 Å². The van der Waals surface area contributed by atoms with Gasteiger partial charge in [-0.2, -0.15) is 0 Å². The van der Waals surface area contributed by atoms with Crippen molar-refractivity contribution in [3.8, 4) is 5.75 Å². The molecule has 0 aliphatic rings. The standard InChI is InChI=1S/C16H23N3O2/c17-8-13(9-18)19-10-14(20)11-21-16-7-3-5-12-4-1-2-6-15(12)16/h1-7,13-14,19-20H,8-11,17-18H2. The predicted molar refractivity (Wildman–Crippen MR) is 85.3 cm³/mol. The van der Waals surface area contributed by atoms with E-state index in [2.05, 4.69) is 5.32 Å². The average molecular weight is 289 g/mol. The lowest BCUT2D eigenvalue weighted by Gasteiger charge is -2.18. The summed E-state index contributed by atoms with van der Waals surface area (Å²) < 4.78 is 5.73. The zero-order valence-corrected chi connectivity index (χ0v) is 12.0. The van der Waals surface area contributed by atoms with Gasteiger partial charge in [0.2, 0.25) is 0 Å². The Morgan fingerprint density at radius 3 is 2.52 bits per heavy atom. The molecule has 0 aromatic heterocycles. The number of aliphatic hydroxyl groups excluding tert-OH is 1. The number of hydrogen-bond acceptors (Lipinski definition) is 5. The first-order valence-electron chi connectivity index (χ1n) is 7.16. The summed E-state index contributed by atoms with van der Waals surface area (Å²) in [6, 6.07) is 13.9. The molecule has 0 amide bonds. The molecule has 0 aliphatic heterocycles. The number of rotatable bonds is 8. The van der Waals surface area contributed by atoms with E-state index in [-0.39, 0.29) is 12.6 Å². The first kappa shape index (κ1) is 15.7.